The zero-order valence-electron chi connectivity index (χ0n) is 21.8. The molecule has 2 aromatic carbocycles. The molecule has 1 aliphatic rings. The first-order chi connectivity index (χ1) is 17.5. The van der Waals surface area contributed by atoms with E-state index < -0.39 is 14.0 Å². The van der Waals surface area contributed by atoms with Crippen molar-refractivity contribution < 1.29 is 24.2 Å². The number of amides is 1. The molecular weight excluding hydrogens is 486 g/mol. The van der Waals surface area contributed by atoms with E-state index in [9.17, 15) is 19.5 Å². The second-order valence-electron chi connectivity index (χ2n) is 10.6. The molecule has 4 rings (SSSR count). The topological polar surface area (TPSA) is 102 Å². The van der Waals surface area contributed by atoms with Crippen LogP contribution in [0.1, 0.15) is 49.3 Å². The Balaban J connectivity index is 1.71. The van der Waals surface area contributed by atoms with Gasteiger partial charge >= 0.3 is 5.97 Å². The first-order valence-corrected chi connectivity index (χ1v) is 16.1. The fourth-order valence-electron chi connectivity index (χ4n) is 4.33. The number of fused-ring (bicyclic) bond motifs is 1. The maximum atomic E-state index is 13.8. The van der Waals surface area contributed by atoms with Gasteiger partial charge in [0.15, 0.2) is 5.78 Å². The number of rotatable bonds is 9. The van der Waals surface area contributed by atoms with E-state index in [1.54, 1.807) is 21.7 Å². The van der Waals surface area contributed by atoms with Crippen molar-refractivity contribution in [2.45, 2.75) is 52.3 Å². The molecule has 194 valence electrons. The van der Waals surface area contributed by atoms with Gasteiger partial charge in [0.05, 0.1) is 11.1 Å². The van der Waals surface area contributed by atoms with Gasteiger partial charge in [-0.2, -0.15) is 0 Å². The Labute approximate surface area is 217 Å². The van der Waals surface area contributed by atoms with Crippen LogP contribution in [0, 0.1) is 0 Å². The minimum Gasteiger partial charge on any atom is -0.478 e. The quantitative estimate of drug-likeness (QED) is 0.244. The highest BCUT2D eigenvalue weighted by Crippen LogP contribution is 2.29. The standard InChI is InChI=1S/C28H33N3O5Si/c1-19(32)25-17-31(18-36-13-14-37(2,3)4)26(29-25)23-10-9-21(28(34)35)15-24(23)27(33)30-12-11-20-7-5-6-8-22(20)16-30/h5-10,15,17H,11-14,16,18H2,1-4H3,(H,34,35). The number of carboxylic acids is 1. The Kier molecular flexibility index (Phi) is 7.75. The van der Waals surface area contributed by atoms with Crippen molar-refractivity contribution in [1.29, 1.82) is 0 Å². The van der Waals surface area contributed by atoms with Gasteiger partial charge in [0.2, 0.25) is 0 Å². The van der Waals surface area contributed by atoms with E-state index in [1.165, 1.54) is 24.6 Å². The average Bonchev–Trinajstić information content (AvgIpc) is 3.29. The lowest BCUT2D eigenvalue weighted by molar-refractivity contribution is 0.0696. The molecule has 37 heavy (non-hydrogen) atoms. The van der Waals surface area contributed by atoms with Crippen LogP contribution in [0.5, 0.6) is 0 Å². The van der Waals surface area contributed by atoms with E-state index in [1.807, 2.05) is 18.2 Å². The molecule has 3 aromatic rings. The van der Waals surface area contributed by atoms with Crippen LogP contribution in [0.4, 0.5) is 0 Å². The molecule has 1 amide bonds. The van der Waals surface area contributed by atoms with E-state index in [2.05, 4.69) is 30.7 Å². The van der Waals surface area contributed by atoms with Crippen molar-refractivity contribution in [2.24, 2.45) is 0 Å². The van der Waals surface area contributed by atoms with Crippen LogP contribution in [-0.2, 0) is 24.4 Å². The van der Waals surface area contributed by atoms with Crippen molar-refractivity contribution in [3.63, 3.8) is 0 Å². The number of nitrogens with zero attached hydrogens (tertiary/aromatic N) is 3. The van der Waals surface area contributed by atoms with E-state index in [4.69, 9.17) is 4.74 Å². The normalized spacial score (nSPS) is 13.4. The summed E-state index contributed by atoms with van der Waals surface area (Å²) in [5, 5.41) is 9.63. The Morgan fingerprint density at radius 1 is 1.08 bits per heavy atom. The van der Waals surface area contributed by atoms with Gasteiger partial charge < -0.3 is 19.3 Å². The summed E-state index contributed by atoms with van der Waals surface area (Å²) in [6.45, 7) is 9.98. The van der Waals surface area contributed by atoms with Crippen LogP contribution in [0.2, 0.25) is 25.7 Å². The van der Waals surface area contributed by atoms with Gasteiger partial charge in [-0.15, -0.1) is 0 Å². The lowest BCUT2D eigenvalue weighted by Gasteiger charge is -2.29. The molecule has 0 aliphatic carbocycles. The van der Waals surface area contributed by atoms with Gasteiger partial charge in [0, 0.05) is 46.5 Å². The molecule has 0 saturated carbocycles. The minimum atomic E-state index is -1.28. The lowest BCUT2D eigenvalue weighted by atomic mass is 9.97. The zero-order valence-corrected chi connectivity index (χ0v) is 22.8. The van der Waals surface area contributed by atoms with Crippen molar-refractivity contribution in [3.05, 3.63) is 76.6 Å². The first-order valence-electron chi connectivity index (χ1n) is 12.4. The van der Waals surface area contributed by atoms with Crippen LogP contribution < -0.4 is 0 Å². The number of carbonyl (C=O) groups excluding carboxylic acids is 2. The zero-order chi connectivity index (χ0) is 26.7. The highest BCUT2D eigenvalue weighted by molar-refractivity contribution is 6.76. The van der Waals surface area contributed by atoms with Gasteiger partial charge in [0.1, 0.15) is 18.2 Å². The first kappa shape index (κ1) is 26.5. The van der Waals surface area contributed by atoms with Gasteiger partial charge in [-0.05, 0) is 41.8 Å². The molecule has 0 atom stereocenters. The smallest absolute Gasteiger partial charge is 0.335 e. The fraction of sp³-hybridized carbons (Fsp3) is 0.357. The third-order valence-electron chi connectivity index (χ3n) is 6.52. The third-order valence-corrected chi connectivity index (χ3v) is 8.22. The highest BCUT2D eigenvalue weighted by Gasteiger charge is 2.27. The van der Waals surface area contributed by atoms with Gasteiger partial charge in [-0.3, -0.25) is 9.59 Å². The number of aromatic carboxylic acids is 1. The average molecular weight is 520 g/mol. The molecule has 0 radical (unpaired) electrons. The summed E-state index contributed by atoms with van der Waals surface area (Å²) in [6.07, 6.45) is 2.35. The lowest BCUT2D eigenvalue weighted by Crippen LogP contribution is -2.36. The molecule has 8 nitrogen and oxygen atoms in total. The number of carboxylic acid groups (broad SMARTS) is 1. The van der Waals surface area contributed by atoms with E-state index in [0.717, 1.165) is 18.0 Å². The molecule has 0 bridgehead atoms. The number of hydrogen-bond acceptors (Lipinski definition) is 5. The maximum Gasteiger partial charge on any atom is 0.335 e. The van der Waals surface area contributed by atoms with Crippen LogP contribution in [-0.4, -0.2) is 58.4 Å². The molecule has 1 aliphatic heterocycles. The highest BCUT2D eigenvalue weighted by atomic mass is 28.3. The van der Waals surface area contributed by atoms with Crippen molar-refractivity contribution >= 4 is 25.7 Å². The Bertz CT molecular complexity index is 1340. The number of imidazole rings is 1. The maximum absolute atomic E-state index is 13.8. The number of ether oxygens (including phenoxy) is 1. The van der Waals surface area contributed by atoms with Crippen LogP contribution in [0.3, 0.4) is 0 Å². The second kappa shape index (κ2) is 10.8. The van der Waals surface area contributed by atoms with Gasteiger partial charge in [-0.25, -0.2) is 9.78 Å². The summed E-state index contributed by atoms with van der Waals surface area (Å²) in [4.78, 5) is 44.0. The molecule has 0 unspecified atom stereocenters. The second-order valence-corrected chi connectivity index (χ2v) is 16.3. The fourth-order valence-corrected chi connectivity index (χ4v) is 5.09. The van der Waals surface area contributed by atoms with E-state index in [-0.39, 0.29) is 35.2 Å². The number of Topliss-reactive ketones (excluding diaryl/α,β-unsaturated/α-hetero) is 1. The number of benzene rings is 2. The summed E-state index contributed by atoms with van der Waals surface area (Å²) in [5.41, 5.74) is 3.27. The van der Waals surface area contributed by atoms with Crippen molar-refractivity contribution in [1.82, 2.24) is 14.5 Å². The minimum absolute atomic E-state index is 0.0146. The Morgan fingerprint density at radius 2 is 1.81 bits per heavy atom. The number of carbonyl (C=O) groups is 3. The molecule has 0 fully saturated rings. The Hall–Kier alpha value is -3.56. The van der Waals surface area contributed by atoms with E-state index >= 15 is 0 Å². The number of ketones is 1. The summed E-state index contributed by atoms with van der Waals surface area (Å²) < 4.78 is 7.65. The Morgan fingerprint density at radius 3 is 2.49 bits per heavy atom. The third kappa shape index (κ3) is 6.23. The summed E-state index contributed by atoms with van der Waals surface area (Å²) >= 11 is 0. The molecular formula is C28H33N3O5Si. The predicted molar refractivity (Wildman–Crippen MR) is 144 cm³/mol. The molecule has 0 saturated heterocycles. The van der Waals surface area contributed by atoms with Crippen LogP contribution in [0.15, 0.2) is 48.7 Å². The summed E-state index contributed by atoms with van der Waals surface area (Å²) in [5.74, 6) is -1.20. The largest absolute Gasteiger partial charge is 0.478 e. The molecule has 2 heterocycles. The van der Waals surface area contributed by atoms with Crippen molar-refractivity contribution in [3.8, 4) is 11.4 Å². The molecule has 1 N–H and O–H groups in total. The molecule has 1 aromatic heterocycles. The number of hydrogen-bond donors (Lipinski definition) is 1. The van der Waals surface area contributed by atoms with Gasteiger partial charge in [0.25, 0.3) is 5.91 Å². The van der Waals surface area contributed by atoms with E-state index in [0.29, 0.717) is 31.1 Å². The summed E-state index contributed by atoms with van der Waals surface area (Å²) in [7, 11) is -1.28. The van der Waals surface area contributed by atoms with Crippen LogP contribution >= 0.6 is 0 Å². The predicted octanol–water partition coefficient (Wildman–Crippen LogP) is 4.96. The summed E-state index contributed by atoms with van der Waals surface area (Å²) in [6, 6.07) is 13.5. The monoisotopic (exact) mass is 519 g/mol. The number of aromatic nitrogens is 2. The van der Waals surface area contributed by atoms with Crippen LogP contribution in [0.25, 0.3) is 11.4 Å². The molecule has 9 heteroatoms. The SMILES string of the molecule is CC(=O)c1cn(COCC[Si](C)(C)C)c(-c2ccc(C(=O)O)cc2C(=O)N2CCc3ccccc3C2)n1. The van der Waals surface area contributed by atoms with Crippen molar-refractivity contribution in [2.75, 3.05) is 13.2 Å². The molecule has 0 spiro atoms. The van der Waals surface area contributed by atoms with Gasteiger partial charge in [-0.1, -0.05) is 43.9 Å².